The second-order valence-electron chi connectivity index (χ2n) is 6.11. The molecule has 0 heterocycles. The molecule has 1 aliphatic rings. The molecular weight excluding hydrogens is 347 g/mol. The lowest BCUT2D eigenvalue weighted by Crippen LogP contribution is -2.04. The molecule has 0 fully saturated rings. The Morgan fingerprint density at radius 2 is 1.88 bits per heavy atom. The van der Waals surface area contributed by atoms with Gasteiger partial charge in [0.1, 0.15) is 5.82 Å². The molecule has 0 bridgehead atoms. The van der Waals surface area contributed by atoms with Gasteiger partial charge in [0, 0.05) is 4.90 Å². The van der Waals surface area contributed by atoms with Crippen LogP contribution < -0.4 is 0 Å². The van der Waals surface area contributed by atoms with Crippen LogP contribution in [0, 0.1) is 5.82 Å². The smallest absolute Gasteiger partial charge is 0.310 e. The average Bonchev–Trinajstić information content (AvgIpc) is 2.88. The zero-order chi connectivity index (χ0) is 18.7. The molecule has 0 radical (unpaired) electrons. The molecule has 0 aromatic heterocycles. The topological polar surface area (TPSA) is 26.3 Å². The number of benzene rings is 2. The van der Waals surface area contributed by atoms with Crippen molar-refractivity contribution in [2.75, 3.05) is 12.9 Å². The molecule has 0 saturated carbocycles. The van der Waals surface area contributed by atoms with E-state index in [0.717, 1.165) is 33.4 Å². The Balaban J connectivity index is 2.05. The first-order valence-electron chi connectivity index (χ1n) is 8.55. The minimum atomic E-state index is -0.302. The number of carbonyl (C=O) groups is 1. The van der Waals surface area contributed by atoms with E-state index in [0.29, 0.717) is 6.61 Å². The van der Waals surface area contributed by atoms with Crippen molar-refractivity contribution in [3.05, 3.63) is 70.5 Å². The third-order valence-corrected chi connectivity index (χ3v) is 5.25. The van der Waals surface area contributed by atoms with Crippen LogP contribution in [0.3, 0.4) is 0 Å². The molecule has 0 atom stereocenters. The molecule has 2 aromatic carbocycles. The van der Waals surface area contributed by atoms with E-state index in [1.807, 2.05) is 13.2 Å². The minimum Gasteiger partial charge on any atom is -0.466 e. The van der Waals surface area contributed by atoms with Gasteiger partial charge < -0.3 is 4.74 Å². The van der Waals surface area contributed by atoms with Gasteiger partial charge >= 0.3 is 5.97 Å². The second kappa shape index (κ2) is 7.92. The highest BCUT2D eigenvalue weighted by Crippen LogP contribution is 2.44. The SMILES string of the molecule is CCOC(=O)CC1=C(C)/C(=C/c2ccc(SC)cc2)c2ccc(F)cc21. The van der Waals surface area contributed by atoms with Gasteiger partial charge in [0.2, 0.25) is 0 Å². The molecule has 0 amide bonds. The fraction of sp³-hybridized carbons (Fsp3) is 0.227. The lowest BCUT2D eigenvalue weighted by atomic mass is 10.0. The largest absolute Gasteiger partial charge is 0.466 e. The van der Waals surface area contributed by atoms with Gasteiger partial charge in [0.15, 0.2) is 0 Å². The molecule has 2 nitrogen and oxygen atoms in total. The molecule has 0 aliphatic heterocycles. The summed E-state index contributed by atoms with van der Waals surface area (Å²) >= 11 is 1.70. The van der Waals surface area contributed by atoms with E-state index < -0.39 is 0 Å². The van der Waals surface area contributed by atoms with Gasteiger partial charge in [-0.2, -0.15) is 0 Å². The summed E-state index contributed by atoms with van der Waals surface area (Å²) in [7, 11) is 0. The van der Waals surface area contributed by atoms with Crippen molar-refractivity contribution >= 4 is 35.0 Å². The Hall–Kier alpha value is -2.33. The molecule has 4 heteroatoms. The number of halogens is 1. The van der Waals surface area contributed by atoms with Crippen molar-refractivity contribution in [1.82, 2.24) is 0 Å². The number of hydrogen-bond donors (Lipinski definition) is 0. The lowest BCUT2D eigenvalue weighted by Gasteiger charge is -2.06. The van der Waals surface area contributed by atoms with Crippen LogP contribution >= 0.6 is 11.8 Å². The maximum atomic E-state index is 13.8. The minimum absolute atomic E-state index is 0.152. The van der Waals surface area contributed by atoms with Crippen molar-refractivity contribution in [3.8, 4) is 0 Å². The van der Waals surface area contributed by atoms with Crippen LogP contribution in [0.15, 0.2) is 52.9 Å². The Kier molecular flexibility index (Phi) is 5.62. The van der Waals surface area contributed by atoms with E-state index in [4.69, 9.17) is 4.74 Å². The lowest BCUT2D eigenvalue weighted by molar-refractivity contribution is -0.141. The maximum Gasteiger partial charge on any atom is 0.310 e. The summed E-state index contributed by atoms with van der Waals surface area (Å²) < 4.78 is 18.9. The van der Waals surface area contributed by atoms with E-state index in [1.165, 1.54) is 17.0 Å². The highest BCUT2D eigenvalue weighted by atomic mass is 32.2. The Bertz CT molecular complexity index is 895. The number of thioether (sulfide) groups is 1. The van der Waals surface area contributed by atoms with E-state index in [1.54, 1.807) is 24.8 Å². The summed E-state index contributed by atoms with van der Waals surface area (Å²) in [5, 5.41) is 0. The molecule has 1 aliphatic carbocycles. The standard InChI is InChI=1S/C22H21FO2S/c1-4-25-22(24)13-20-14(2)19(18-10-7-16(23)12-21(18)20)11-15-5-8-17(26-3)9-6-15/h5-12H,4,13H2,1-3H3/b19-11-. The van der Waals surface area contributed by atoms with Gasteiger partial charge in [-0.15, -0.1) is 11.8 Å². The first-order chi connectivity index (χ1) is 12.5. The van der Waals surface area contributed by atoms with Gasteiger partial charge in [-0.3, -0.25) is 4.79 Å². The number of hydrogen-bond acceptors (Lipinski definition) is 3. The molecular formula is C22H21FO2S. The van der Waals surface area contributed by atoms with Crippen molar-refractivity contribution in [2.45, 2.75) is 25.2 Å². The van der Waals surface area contributed by atoms with Crippen LogP contribution in [0.4, 0.5) is 4.39 Å². The zero-order valence-electron chi connectivity index (χ0n) is 15.1. The number of fused-ring (bicyclic) bond motifs is 1. The molecule has 0 spiro atoms. The predicted octanol–water partition coefficient (Wildman–Crippen LogP) is 5.83. The summed E-state index contributed by atoms with van der Waals surface area (Å²) in [5.74, 6) is -0.592. The van der Waals surface area contributed by atoms with Crippen molar-refractivity contribution in [1.29, 1.82) is 0 Å². The summed E-state index contributed by atoms with van der Waals surface area (Å²) in [5.41, 5.74) is 5.67. The fourth-order valence-corrected chi connectivity index (χ4v) is 3.61. The molecule has 134 valence electrons. The van der Waals surface area contributed by atoms with Crippen LogP contribution in [-0.4, -0.2) is 18.8 Å². The van der Waals surface area contributed by atoms with Gasteiger partial charge in [0.05, 0.1) is 13.0 Å². The number of allylic oxidation sites excluding steroid dienone is 2. The Labute approximate surface area is 157 Å². The van der Waals surface area contributed by atoms with Crippen LogP contribution in [0.25, 0.3) is 17.2 Å². The molecule has 0 N–H and O–H groups in total. The second-order valence-corrected chi connectivity index (χ2v) is 6.99. The van der Waals surface area contributed by atoms with E-state index >= 15 is 0 Å². The summed E-state index contributed by atoms with van der Waals surface area (Å²) in [6.45, 7) is 4.10. The summed E-state index contributed by atoms with van der Waals surface area (Å²) in [4.78, 5) is 13.2. The van der Waals surface area contributed by atoms with Crippen LogP contribution in [0.5, 0.6) is 0 Å². The van der Waals surface area contributed by atoms with Crippen LogP contribution in [0.2, 0.25) is 0 Å². The Morgan fingerprint density at radius 3 is 2.54 bits per heavy atom. The quantitative estimate of drug-likeness (QED) is 0.491. The maximum absolute atomic E-state index is 13.8. The summed E-state index contributed by atoms with van der Waals surface area (Å²) in [6.07, 6.45) is 4.29. The number of ether oxygens (including phenoxy) is 1. The van der Waals surface area contributed by atoms with Crippen LogP contribution in [-0.2, 0) is 9.53 Å². The molecule has 0 saturated heterocycles. The first kappa shape index (κ1) is 18.5. The highest BCUT2D eigenvalue weighted by Gasteiger charge is 2.26. The van der Waals surface area contributed by atoms with E-state index in [2.05, 4.69) is 30.3 Å². The monoisotopic (exact) mass is 368 g/mol. The number of esters is 1. The van der Waals surface area contributed by atoms with E-state index in [-0.39, 0.29) is 18.2 Å². The molecule has 0 unspecified atom stereocenters. The van der Waals surface area contributed by atoms with Crippen molar-refractivity contribution in [2.24, 2.45) is 0 Å². The van der Waals surface area contributed by atoms with Gasteiger partial charge in [-0.25, -0.2) is 4.39 Å². The van der Waals surface area contributed by atoms with Gasteiger partial charge in [-0.1, -0.05) is 18.2 Å². The Morgan fingerprint density at radius 1 is 1.15 bits per heavy atom. The average molecular weight is 368 g/mol. The van der Waals surface area contributed by atoms with Gasteiger partial charge in [0.25, 0.3) is 0 Å². The molecule has 2 aromatic rings. The number of rotatable bonds is 5. The van der Waals surface area contributed by atoms with Crippen molar-refractivity contribution < 1.29 is 13.9 Å². The third kappa shape index (κ3) is 3.75. The number of carbonyl (C=O) groups excluding carboxylic acids is 1. The van der Waals surface area contributed by atoms with Crippen molar-refractivity contribution in [3.63, 3.8) is 0 Å². The van der Waals surface area contributed by atoms with E-state index in [9.17, 15) is 9.18 Å². The third-order valence-electron chi connectivity index (χ3n) is 4.51. The molecule has 3 rings (SSSR count). The fourth-order valence-electron chi connectivity index (χ4n) is 3.20. The van der Waals surface area contributed by atoms with Crippen LogP contribution in [0.1, 0.15) is 37.0 Å². The predicted molar refractivity (Wildman–Crippen MR) is 106 cm³/mol. The molecule has 26 heavy (non-hydrogen) atoms. The summed E-state index contributed by atoms with van der Waals surface area (Å²) in [6, 6.07) is 13.0. The van der Waals surface area contributed by atoms with Gasteiger partial charge in [-0.05, 0) is 83.9 Å². The normalized spacial score (nSPS) is 14.7. The highest BCUT2D eigenvalue weighted by molar-refractivity contribution is 7.98. The zero-order valence-corrected chi connectivity index (χ0v) is 16.0. The first-order valence-corrected chi connectivity index (χ1v) is 9.77.